The number of carbonyl (C=O) groups is 1. The number of hydrogen-bond donors (Lipinski definition) is 0. The van der Waals surface area contributed by atoms with Gasteiger partial charge in [-0.3, -0.25) is 4.79 Å². The van der Waals surface area contributed by atoms with Crippen molar-refractivity contribution in [2.45, 2.75) is 13.0 Å². The predicted octanol–water partition coefficient (Wildman–Crippen LogP) is 4.21. The SMILES string of the molecule is O=C(COCCc1ccccc1)N(Cc1ccc2c(c1)OCO2)c1ccccc1. The minimum Gasteiger partial charge on any atom is -0.454 e. The molecule has 0 unspecified atom stereocenters. The average molecular weight is 389 g/mol. The molecular weight excluding hydrogens is 366 g/mol. The fraction of sp³-hybridized carbons (Fsp3) is 0.208. The molecule has 0 aromatic heterocycles. The number of para-hydroxylation sites is 1. The summed E-state index contributed by atoms with van der Waals surface area (Å²) >= 11 is 0. The third-order valence-electron chi connectivity index (χ3n) is 4.75. The van der Waals surface area contributed by atoms with Gasteiger partial charge in [0.25, 0.3) is 5.91 Å². The number of fused-ring (bicyclic) bond motifs is 1. The third kappa shape index (κ3) is 4.95. The van der Waals surface area contributed by atoms with Gasteiger partial charge in [0.15, 0.2) is 11.5 Å². The topological polar surface area (TPSA) is 48.0 Å². The first kappa shape index (κ1) is 19.0. The molecule has 3 aromatic rings. The van der Waals surface area contributed by atoms with E-state index in [9.17, 15) is 4.79 Å². The minimum absolute atomic E-state index is 0.0340. The molecule has 5 heteroatoms. The number of rotatable bonds is 8. The summed E-state index contributed by atoms with van der Waals surface area (Å²) in [5.41, 5.74) is 3.00. The van der Waals surface area contributed by atoms with Crippen LogP contribution in [0.5, 0.6) is 11.5 Å². The summed E-state index contributed by atoms with van der Waals surface area (Å²) in [7, 11) is 0. The van der Waals surface area contributed by atoms with Crippen molar-refractivity contribution in [2.75, 3.05) is 24.9 Å². The highest BCUT2D eigenvalue weighted by molar-refractivity contribution is 5.94. The standard InChI is InChI=1S/C24H23NO4/c26-24(17-27-14-13-19-7-3-1-4-8-19)25(21-9-5-2-6-10-21)16-20-11-12-22-23(15-20)29-18-28-22/h1-12,15H,13-14,16-18H2. The van der Waals surface area contributed by atoms with Crippen molar-refractivity contribution in [2.24, 2.45) is 0 Å². The molecule has 0 bridgehead atoms. The number of amides is 1. The van der Waals surface area contributed by atoms with E-state index in [0.29, 0.717) is 18.9 Å². The lowest BCUT2D eigenvalue weighted by Crippen LogP contribution is -2.33. The Hall–Kier alpha value is -3.31. The van der Waals surface area contributed by atoms with Gasteiger partial charge in [-0.1, -0.05) is 54.6 Å². The van der Waals surface area contributed by atoms with E-state index in [2.05, 4.69) is 12.1 Å². The van der Waals surface area contributed by atoms with Gasteiger partial charge in [0.2, 0.25) is 6.79 Å². The Morgan fingerprint density at radius 1 is 0.862 bits per heavy atom. The van der Waals surface area contributed by atoms with Gasteiger partial charge < -0.3 is 19.1 Å². The number of hydrogen-bond acceptors (Lipinski definition) is 4. The average Bonchev–Trinajstić information content (AvgIpc) is 3.24. The molecule has 0 saturated carbocycles. The zero-order valence-electron chi connectivity index (χ0n) is 16.1. The first-order valence-electron chi connectivity index (χ1n) is 9.65. The molecule has 1 aliphatic rings. The predicted molar refractivity (Wildman–Crippen MR) is 111 cm³/mol. The quantitative estimate of drug-likeness (QED) is 0.542. The lowest BCUT2D eigenvalue weighted by Gasteiger charge is -2.23. The van der Waals surface area contributed by atoms with Crippen LogP contribution in [-0.2, 0) is 22.5 Å². The van der Waals surface area contributed by atoms with Crippen LogP contribution >= 0.6 is 0 Å². The van der Waals surface area contributed by atoms with E-state index < -0.39 is 0 Å². The van der Waals surface area contributed by atoms with E-state index in [-0.39, 0.29) is 19.3 Å². The molecule has 0 aliphatic carbocycles. The molecule has 148 valence electrons. The van der Waals surface area contributed by atoms with E-state index in [0.717, 1.165) is 23.4 Å². The van der Waals surface area contributed by atoms with E-state index in [1.54, 1.807) is 4.90 Å². The number of ether oxygens (including phenoxy) is 3. The van der Waals surface area contributed by atoms with Crippen LogP contribution in [0.1, 0.15) is 11.1 Å². The first-order valence-corrected chi connectivity index (χ1v) is 9.65. The summed E-state index contributed by atoms with van der Waals surface area (Å²) in [5, 5.41) is 0. The second-order valence-corrected chi connectivity index (χ2v) is 6.79. The van der Waals surface area contributed by atoms with Crippen molar-refractivity contribution in [1.82, 2.24) is 0 Å². The molecule has 0 atom stereocenters. The van der Waals surface area contributed by atoms with Gasteiger partial charge in [-0.2, -0.15) is 0 Å². The lowest BCUT2D eigenvalue weighted by atomic mass is 10.1. The Morgan fingerprint density at radius 2 is 1.59 bits per heavy atom. The molecule has 0 N–H and O–H groups in total. The number of nitrogens with zero attached hydrogens (tertiary/aromatic N) is 1. The van der Waals surface area contributed by atoms with Crippen molar-refractivity contribution >= 4 is 11.6 Å². The highest BCUT2D eigenvalue weighted by atomic mass is 16.7. The molecule has 3 aromatic carbocycles. The van der Waals surface area contributed by atoms with Gasteiger partial charge in [0.1, 0.15) is 6.61 Å². The van der Waals surface area contributed by atoms with Crippen LogP contribution < -0.4 is 14.4 Å². The fourth-order valence-corrected chi connectivity index (χ4v) is 3.23. The first-order chi connectivity index (χ1) is 14.3. The molecule has 0 radical (unpaired) electrons. The van der Waals surface area contributed by atoms with Gasteiger partial charge in [0.05, 0.1) is 13.2 Å². The Kier molecular flexibility index (Phi) is 6.07. The van der Waals surface area contributed by atoms with Crippen LogP contribution in [0, 0.1) is 0 Å². The lowest BCUT2D eigenvalue weighted by molar-refractivity contribution is -0.123. The number of benzene rings is 3. The summed E-state index contributed by atoms with van der Waals surface area (Å²) in [4.78, 5) is 14.7. The molecule has 4 rings (SSSR count). The molecule has 1 aliphatic heterocycles. The summed E-state index contributed by atoms with van der Waals surface area (Å²) in [6.07, 6.45) is 0.779. The summed E-state index contributed by atoms with van der Waals surface area (Å²) < 4.78 is 16.5. The zero-order chi connectivity index (χ0) is 19.9. The molecule has 0 saturated heterocycles. The Labute approximate surface area is 170 Å². The van der Waals surface area contributed by atoms with Crippen molar-refractivity contribution in [3.8, 4) is 11.5 Å². The van der Waals surface area contributed by atoms with E-state index in [1.807, 2.05) is 66.7 Å². The highest BCUT2D eigenvalue weighted by Gasteiger charge is 2.19. The van der Waals surface area contributed by atoms with Crippen LogP contribution in [0.25, 0.3) is 0 Å². The van der Waals surface area contributed by atoms with Gasteiger partial charge in [-0.15, -0.1) is 0 Å². The number of anilines is 1. The molecule has 1 heterocycles. The van der Waals surface area contributed by atoms with E-state index >= 15 is 0 Å². The summed E-state index contributed by atoms with van der Waals surface area (Å²) in [6.45, 7) is 1.20. The van der Waals surface area contributed by atoms with Crippen molar-refractivity contribution < 1.29 is 19.0 Å². The molecule has 1 amide bonds. The van der Waals surface area contributed by atoms with Gasteiger partial charge in [0, 0.05) is 5.69 Å². The third-order valence-corrected chi connectivity index (χ3v) is 4.75. The Balaban J connectivity index is 1.40. The summed E-state index contributed by atoms with van der Waals surface area (Å²) in [6, 6.07) is 25.5. The van der Waals surface area contributed by atoms with Crippen LogP contribution in [0.2, 0.25) is 0 Å². The summed E-state index contributed by atoms with van der Waals surface area (Å²) in [5.74, 6) is 1.36. The van der Waals surface area contributed by atoms with Gasteiger partial charge >= 0.3 is 0 Å². The monoisotopic (exact) mass is 389 g/mol. The Bertz CT molecular complexity index is 944. The normalized spacial score (nSPS) is 12.0. The smallest absolute Gasteiger partial charge is 0.253 e. The number of carbonyl (C=O) groups excluding carboxylic acids is 1. The largest absolute Gasteiger partial charge is 0.454 e. The maximum atomic E-state index is 12.9. The molecule has 0 spiro atoms. The second-order valence-electron chi connectivity index (χ2n) is 6.79. The van der Waals surface area contributed by atoms with Crippen LogP contribution in [0.4, 0.5) is 5.69 Å². The zero-order valence-corrected chi connectivity index (χ0v) is 16.1. The van der Waals surface area contributed by atoms with Crippen LogP contribution in [-0.4, -0.2) is 25.9 Å². The molecule has 29 heavy (non-hydrogen) atoms. The molecule has 5 nitrogen and oxygen atoms in total. The van der Waals surface area contributed by atoms with Crippen molar-refractivity contribution in [1.29, 1.82) is 0 Å². The second kappa shape index (κ2) is 9.26. The Morgan fingerprint density at radius 3 is 2.38 bits per heavy atom. The highest BCUT2D eigenvalue weighted by Crippen LogP contribution is 2.33. The van der Waals surface area contributed by atoms with Gasteiger partial charge in [-0.25, -0.2) is 0 Å². The maximum absolute atomic E-state index is 12.9. The van der Waals surface area contributed by atoms with E-state index in [1.165, 1.54) is 5.56 Å². The van der Waals surface area contributed by atoms with Crippen LogP contribution in [0.3, 0.4) is 0 Å². The van der Waals surface area contributed by atoms with Gasteiger partial charge in [-0.05, 0) is 41.8 Å². The molecule has 0 fully saturated rings. The van der Waals surface area contributed by atoms with Crippen molar-refractivity contribution in [3.63, 3.8) is 0 Å². The maximum Gasteiger partial charge on any atom is 0.253 e. The van der Waals surface area contributed by atoms with Crippen LogP contribution in [0.15, 0.2) is 78.9 Å². The van der Waals surface area contributed by atoms with E-state index in [4.69, 9.17) is 14.2 Å². The van der Waals surface area contributed by atoms with Crippen molar-refractivity contribution in [3.05, 3.63) is 90.0 Å². The minimum atomic E-state index is -0.0815. The fourth-order valence-electron chi connectivity index (χ4n) is 3.23. The molecular formula is C24H23NO4.